The number of rotatable bonds is 7. The second-order valence-corrected chi connectivity index (χ2v) is 6.79. The lowest BCUT2D eigenvalue weighted by atomic mass is 9.94. The van der Waals surface area contributed by atoms with Crippen LogP contribution in [0.4, 0.5) is 0 Å². The summed E-state index contributed by atoms with van der Waals surface area (Å²) in [5.41, 5.74) is 1.45. The Bertz CT molecular complexity index is 403. The fourth-order valence-corrected chi connectivity index (χ4v) is 3.68. The van der Waals surface area contributed by atoms with E-state index in [0.717, 1.165) is 12.5 Å². The number of aliphatic hydroxyl groups is 1. The molecule has 2 aliphatic carbocycles. The minimum Gasteiger partial charge on any atom is -0.389 e. The zero-order valence-electron chi connectivity index (χ0n) is 11.3. The van der Waals surface area contributed by atoms with Gasteiger partial charge in [0.05, 0.1) is 12.7 Å². The topological polar surface area (TPSA) is 41.5 Å². The number of ether oxygens (including phenoxy) is 1. The first-order valence-electron chi connectivity index (χ1n) is 7.38. The van der Waals surface area contributed by atoms with Gasteiger partial charge in [0.2, 0.25) is 0 Å². The van der Waals surface area contributed by atoms with Crippen LogP contribution in [-0.2, 0) is 11.2 Å². The molecule has 2 unspecified atom stereocenters. The summed E-state index contributed by atoms with van der Waals surface area (Å²) in [6, 6.07) is 2.65. The van der Waals surface area contributed by atoms with Crippen LogP contribution in [0.15, 0.2) is 11.4 Å². The van der Waals surface area contributed by atoms with Crippen LogP contribution < -0.4 is 5.32 Å². The SMILES string of the molecule is OC(CNC1CCCc2sccc21)COCC1CC1. The molecule has 106 valence electrons. The van der Waals surface area contributed by atoms with Gasteiger partial charge in [-0.1, -0.05) is 0 Å². The molecule has 1 saturated carbocycles. The second kappa shape index (κ2) is 6.35. The summed E-state index contributed by atoms with van der Waals surface area (Å²) in [5.74, 6) is 0.770. The predicted molar refractivity (Wildman–Crippen MR) is 77.6 cm³/mol. The third-order valence-corrected chi connectivity index (χ3v) is 5.01. The number of nitrogens with one attached hydrogen (secondary N) is 1. The molecule has 1 heterocycles. The molecule has 0 saturated heterocycles. The third kappa shape index (κ3) is 3.78. The van der Waals surface area contributed by atoms with Gasteiger partial charge in [-0.3, -0.25) is 0 Å². The maximum atomic E-state index is 9.93. The summed E-state index contributed by atoms with van der Waals surface area (Å²) >= 11 is 1.86. The Hall–Kier alpha value is -0.420. The molecule has 3 rings (SSSR count). The third-order valence-electron chi connectivity index (χ3n) is 4.01. The summed E-state index contributed by atoms with van der Waals surface area (Å²) in [5, 5.41) is 15.6. The predicted octanol–water partition coefficient (Wildman–Crippen LogP) is 2.50. The van der Waals surface area contributed by atoms with E-state index in [1.54, 1.807) is 0 Å². The van der Waals surface area contributed by atoms with Gasteiger partial charge in [0.15, 0.2) is 0 Å². The van der Waals surface area contributed by atoms with Gasteiger partial charge in [0.25, 0.3) is 0 Å². The maximum absolute atomic E-state index is 9.93. The van der Waals surface area contributed by atoms with Crippen molar-refractivity contribution in [1.29, 1.82) is 0 Å². The fraction of sp³-hybridized carbons (Fsp3) is 0.733. The van der Waals surface area contributed by atoms with E-state index < -0.39 is 0 Å². The molecule has 2 N–H and O–H groups in total. The molecular formula is C15H23NO2S. The molecule has 2 atom stereocenters. The zero-order chi connectivity index (χ0) is 13.1. The zero-order valence-corrected chi connectivity index (χ0v) is 12.1. The Labute approximate surface area is 119 Å². The minimum atomic E-state index is -0.386. The van der Waals surface area contributed by atoms with Crippen LogP contribution in [0.25, 0.3) is 0 Å². The number of fused-ring (bicyclic) bond motifs is 1. The molecule has 0 amide bonds. The van der Waals surface area contributed by atoms with Gasteiger partial charge in [-0.25, -0.2) is 0 Å². The smallest absolute Gasteiger partial charge is 0.0897 e. The molecule has 0 bridgehead atoms. The lowest BCUT2D eigenvalue weighted by Crippen LogP contribution is -2.34. The molecule has 0 aromatic carbocycles. The molecule has 0 spiro atoms. The van der Waals surface area contributed by atoms with Crippen LogP contribution in [0, 0.1) is 5.92 Å². The monoisotopic (exact) mass is 281 g/mol. The maximum Gasteiger partial charge on any atom is 0.0897 e. The van der Waals surface area contributed by atoms with Gasteiger partial charge in [-0.15, -0.1) is 11.3 Å². The molecule has 1 aromatic rings. The van der Waals surface area contributed by atoms with Crippen molar-refractivity contribution in [3.05, 3.63) is 21.9 Å². The van der Waals surface area contributed by atoms with Crippen molar-refractivity contribution < 1.29 is 9.84 Å². The van der Waals surface area contributed by atoms with Crippen molar-refractivity contribution >= 4 is 11.3 Å². The van der Waals surface area contributed by atoms with Crippen molar-refractivity contribution in [1.82, 2.24) is 5.32 Å². The van der Waals surface area contributed by atoms with Gasteiger partial charge >= 0.3 is 0 Å². The van der Waals surface area contributed by atoms with Crippen LogP contribution in [-0.4, -0.2) is 31.0 Å². The number of aliphatic hydroxyl groups excluding tert-OH is 1. The first-order chi connectivity index (χ1) is 9.33. The van der Waals surface area contributed by atoms with Crippen molar-refractivity contribution in [3.63, 3.8) is 0 Å². The summed E-state index contributed by atoms with van der Waals surface area (Å²) in [4.78, 5) is 1.52. The van der Waals surface area contributed by atoms with E-state index in [4.69, 9.17) is 4.74 Å². The van der Waals surface area contributed by atoms with Gasteiger partial charge < -0.3 is 15.2 Å². The molecule has 1 aromatic heterocycles. The first kappa shape index (κ1) is 13.6. The molecule has 4 heteroatoms. The van der Waals surface area contributed by atoms with Crippen molar-refractivity contribution in [2.75, 3.05) is 19.8 Å². The van der Waals surface area contributed by atoms with Crippen LogP contribution in [0.5, 0.6) is 0 Å². The largest absolute Gasteiger partial charge is 0.389 e. The minimum absolute atomic E-state index is 0.386. The number of hydrogen-bond donors (Lipinski definition) is 2. The van der Waals surface area contributed by atoms with E-state index >= 15 is 0 Å². The van der Waals surface area contributed by atoms with Gasteiger partial charge in [0.1, 0.15) is 0 Å². The van der Waals surface area contributed by atoms with Crippen molar-refractivity contribution in [2.24, 2.45) is 5.92 Å². The van der Waals surface area contributed by atoms with E-state index in [1.165, 1.54) is 42.5 Å². The van der Waals surface area contributed by atoms with Crippen LogP contribution in [0.3, 0.4) is 0 Å². The highest BCUT2D eigenvalue weighted by Gasteiger charge is 2.23. The Balaban J connectivity index is 1.39. The first-order valence-corrected chi connectivity index (χ1v) is 8.26. The lowest BCUT2D eigenvalue weighted by molar-refractivity contribution is 0.0310. The van der Waals surface area contributed by atoms with Gasteiger partial charge in [-0.05, 0) is 55.0 Å². The summed E-state index contributed by atoms with van der Waals surface area (Å²) < 4.78 is 5.53. The molecule has 1 fully saturated rings. The van der Waals surface area contributed by atoms with E-state index in [9.17, 15) is 5.11 Å². The van der Waals surface area contributed by atoms with E-state index in [-0.39, 0.29) is 6.10 Å². The Morgan fingerprint density at radius 1 is 1.42 bits per heavy atom. The number of thiophene rings is 1. The average Bonchev–Trinajstić information content (AvgIpc) is 3.11. The summed E-state index contributed by atoms with van der Waals surface area (Å²) in [7, 11) is 0. The average molecular weight is 281 g/mol. The molecule has 0 aliphatic heterocycles. The quantitative estimate of drug-likeness (QED) is 0.807. The standard InChI is InChI=1S/C15H23NO2S/c17-12(10-18-9-11-4-5-11)8-16-14-2-1-3-15-13(14)6-7-19-15/h6-7,11-12,14,16-17H,1-5,8-10H2. The van der Waals surface area contributed by atoms with E-state index in [0.29, 0.717) is 19.2 Å². The molecule has 19 heavy (non-hydrogen) atoms. The van der Waals surface area contributed by atoms with Crippen LogP contribution in [0.1, 0.15) is 42.2 Å². The molecular weight excluding hydrogens is 258 g/mol. The Kier molecular flexibility index (Phi) is 4.53. The van der Waals surface area contributed by atoms with Gasteiger partial charge in [0, 0.05) is 24.1 Å². The Morgan fingerprint density at radius 3 is 3.16 bits per heavy atom. The highest BCUT2D eigenvalue weighted by Crippen LogP contribution is 2.33. The normalized spacial score (nSPS) is 24.2. The van der Waals surface area contributed by atoms with Crippen LogP contribution >= 0.6 is 11.3 Å². The molecule has 2 aliphatic rings. The molecule has 0 radical (unpaired) electrons. The second-order valence-electron chi connectivity index (χ2n) is 5.79. The highest BCUT2D eigenvalue weighted by molar-refractivity contribution is 7.10. The van der Waals surface area contributed by atoms with E-state index in [2.05, 4.69) is 16.8 Å². The van der Waals surface area contributed by atoms with Crippen LogP contribution in [0.2, 0.25) is 0 Å². The highest BCUT2D eigenvalue weighted by atomic mass is 32.1. The fourth-order valence-electron chi connectivity index (χ4n) is 2.69. The lowest BCUT2D eigenvalue weighted by Gasteiger charge is -2.25. The Morgan fingerprint density at radius 2 is 2.32 bits per heavy atom. The molecule has 3 nitrogen and oxygen atoms in total. The van der Waals surface area contributed by atoms with Crippen molar-refractivity contribution in [3.8, 4) is 0 Å². The van der Waals surface area contributed by atoms with Gasteiger partial charge in [-0.2, -0.15) is 0 Å². The summed E-state index contributed by atoms with van der Waals surface area (Å²) in [6.45, 7) is 1.92. The summed E-state index contributed by atoms with van der Waals surface area (Å²) in [6.07, 6.45) is 5.87. The number of hydrogen-bond acceptors (Lipinski definition) is 4. The number of aryl methyl sites for hydroxylation is 1. The van der Waals surface area contributed by atoms with Crippen molar-refractivity contribution in [2.45, 2.75) is 44.2 Å². The van der Waals surface area contributed by atoms with E-state index in [1.807, 2.05) is 11.3 Å².